The maximum Gasteiger partial charge on any atom is 0.238 e. The Morgan fingerprint density at radius 2 is 0.623 bits per heavy atom. The van der Waals surface area contributed by atoms with Gasteiger partial charge in [-0.3, -0.25) is 13.7 Å². The monoisotopic (exact) mass is 684 g/mol. The molecule has 0 saturated carbocycles. The summed E-state index contributed by atoms with van der Waals surface area (Å²) in [6.07, 6.45) is 0. The van der Waals surface area contributed by atoms with Crippen LogP contribution in [0.15, 0.2) is 109 Å². The minimum atomic E-state index is 0.404. The highest BCUT2D eigenvalue weighted by molar-refractivity contribution is 6.12. The van der Waals surface area contributed by atoms with Gasteiger partial charge in [0.05, 0.1) is 33.1 Å². The largest absolute Gasteiger partial charge is 0.292 e. The number of nitrogens with zero attached hydrogens (tertiary/aromatic N) is 6. The molecule has 0 bridgehead atoms. The SMILES string of the molecule is Cc1ccc2c(c1)c1cc(C)ccc1n2-c1nc(-n2c3ccc(C)cc3c3cc(C)ccc32)c(C#N)c(-n2c3ccc(C)cc3c3cc(C)ccc32)n1. The number of fused-ring (bicyclic) bond motifs is 9. The van der Waals surface area contributed by atoms with Crippen molar-refractivity contribution in [3.8, 4) is 23.7 Å². The number of benzene rings is 6. The van der Waals surface area contributed by atoms with E-state index >= 15 is 0 Å². The van der Waals surface area contributed by atoms with E-state index in [2.05, 4.69) is 171 Å². The van der Waals surface area contributed by atoms with Gasteiger partial charge in [0.25, 0.3) is 0 Å². The third kappa shape index (κ3) is 4.50. The van der Waals surface area contributed by atoms with Crippen molar-refractivity contribution in [2.45, 2.75) is 41.5 Å². The lowest BCUT2D eigenvalue weighted by Crippen LogP contribution is -2.13. The van der Waals surface area contributed by atoms with Gasteiger partial charge in [-0.15, -0.1) is 0 Å². The average molecular weight is 685 g/mol. The fraction of sp³-hybridized carbons (Fsp3) is 0.128. The van der Waals surface area contributed by atoms with Crippen LogP contribution in [-0.2, 0) is 0 Å². The lowest BCUT2D eigenvalue weighted by atomic mass is 10.1. The van der Waals surface area contributed by atoms with Gasteiger partial charge in [0.15, 0.2) is 11.6 Å². The van der Waals surface area contributed by atoms with Gasteiger partial charge in [-0.2, -0.15) is 15.2 Å². The van der Waals surface area contributed by atoms with E-state index in [0.29, 0.717) is 23.1 Å². The third-order valence-electron chi connectivity index (χ3n) is 10.8. The molecule has 6 nitrogen and oxygen atoms in total. The molecule has 254 valence electrons. The van der Waals surface area contributed by atoms with Gasteiger partial charge in [0, 0.05) is 32.3 Å². The molecule has 0 unspecified atom stereocenters. The Kier molecular flexibility index (Phi) is 6.53. The van der Waals surface area contributed by atoms with Gasteiger partial charge in [-0.1, -0.05) is 69.8 Å². The van der Waals surface area contributed by atoms with Crippen LogP contribution in [-0.4, -0.2) is 23.7 Å². The lowest BCUT2D eigenvalue weighted by molar-refractivity contribution is 0.911. The van der Waals surface area contributed by atoms with Crippen molar-refractivity contribution in [3.63, 3.8) is 0 Å². The minimum absolute atomic E-state index is 0.404. The summed E-state index contributed by atoms with van der Waals surface area (Å²) in [5.74, 6) is 1.59. The number of hydrogen-bond acceptors (Lipinski definition) is 3. The molecule has 10 aromatic rings. The fourth-order valence-corrected chi connectivity index (χ4v) is 8.37. The predicted molar refractivity (Wildman–Crippen MR) is 218 cm³/mol. The highest BCUT2D eigenvalue weighted by atomic mass is 15.2. The first kappa shape index (κ1) is 31.1. The van der Waals surface area contributed by atoms with Crippen LogP contribution < -0.4 is 0 Å². The first-order valence-electron chi connectivity index (χ1n) is 18.1. The highest BCUT2D eigenvalue weighted by Gasteiger charge is 2.26. The summed E-state index contributed by atoms with van der Waals surface area (Å²) in [4.78, 5) is 10.9. The van der Waals surface area contributed by atoms with Crippen molar-refractivity contribution in [1.29, 1.82) is 5.26 Å². The number of nitriles is 1. The van der Waals surface area contributed by atoms with E-state index in [0.717, 1.165) is 65.4 Å². The normalized spacial score (nSPS) is 11.9. The van der Waals surface area contributed by atoms with Crippen LogP contribution >= 0.6 is 0 Å². The van der Waals surface area contributed by atoms with E-state index in [9.17, 15) is 5.26 Å². The summed E-state index contributed by atoms with van der Waals surface area (Å²) in [5.41, 5.74) is 13.5. The molecule has 0 radical (unpaired) electrons. The van der Waals surface area contributed by atoms with Crippen LogP contribution in [0.1, 0.15) is 38.9 Å². The maximum absolute atomic E-state index is 11.3. The van der Waals surface area contributed by atoms with E-state index in [1.165, 1.54) is 33.4 Å². The summed E-state index contributed by atoms with van der Waals surface area (Å²) in [6.45, 7) is 12.7. The van der Waals surface area contributed by atoms with Crippen molar-refractivity contribution < 1.29 is 0 Å². The average Bonchev–Trinajstić information content (AvgIpc) is 3.75. The molecule has 0 amide bonds. The van der Waals surface area contributed by atoms with Gasteiger partial charge in [-0.25, -0.2) is 0 Å². The van der Waals surface area contributed by atoms with Crippen LogP contribution in [0.4, 0.5) is 0 Å². The van der Waals surface area contributed by atoms with Crippen LogP contribution in [0.5, 0.6) is 0 Å². The minimum Gasteiger partial charge on any atom is -0.292 e. The smallest absolute Gasteiger partial charge is 0.238 e. The van der Waals surface area contributed by atoms with E-state index in [-0.39, 0.29) is 0 Å². The van der Waals surface area contributed by atoms with Gasteiger partial charge < -0.3 is 0 Å². The summed E-state index contributed by atoms with van der Waals surface area (Å²) in [6, 6.07) is 41.8. The van der Waals surface area contributed by atoms with Gasteiger partial charge in [-0.05, 0) is 114 Å². The molecule has 53 heavy (non-hydrogen) atoms. The van der Waals surface area contributed by atoms with E-state index in [1.54, 1.807) is 0 Å². The Bertz CT molecular complexity index is 2930. The van der Waals surface area contributed by atoms with Crippen LogP contribution in [0.2, 0.25) is 0 Å². The van der Waals surface area contributed by atoms with Crippen LogP contribution in [0.25, 0.3) is 83.0 Å². The zero-order valence-electron chi connectivity index (χ0n) is 30.6. The zero-order valence-corrected chi connectivity index (χ0v) is 30.6. The summed E-state index contributed by atoms with van der Waals surface area (Å²) < 4.78 is 6.50. The summed E-state index contributed by atoms with van der Waals surface area (Å²) in [7, 11) is 0. The Labute approximate surface area is 306 Å². The molecule has 4 heterocycles. The number of aromatic nitrogens is 5. The number of aryl methyl sites for hydroxylation is 6. The number of hydrogen-bond donors (Lipinski definition) is 0. The van der Waals surface area contributed by atoms with Crippen molar-refractivity contribution in [2.75, 3.05) is 0 Å². The second kappa shape index (κ2) is 11.1. The second-order valence-electron chi connectivity index (χ2n) is 14.8. The molecule has 6 heteroatoms. The molecule has 6 aromatic carbocycles. The molecule has 0 atom stereocenters. The topological polar surface area (TPSA) is 64.4 Å². The van der Waals surface area contributed by atoms with Crippen molar-refractivity contribution in [3.05, 3.63) is 148 Å². The predicted octanol–water partition coefficient (Wildman–Crippen LogP) is 11.5. The zero-order chi connectivity index (χ0) is 36.3. The molecule has 0 aliphatic heterocycles. The Balaban J connectivity index is 1.43. The Hall–Kier alpha value is -6.71. The Morgan fingerprint density at radius 1 is 0.377 bits per heavy atom. The third-order valence-corrected chi connectivity index (χ3v) is 10.8. The molecule has 0 saturated heterocycles. The molecule has 0 fully saturated rings. The molecular formula is C47H36N6. The maximum atomic E-state index is 11.3. The van der Waals surface area contributed by atoms with Crippen molar-refractivity contribution in [2.24, 2.45) is 0 Å². The second-order valence-corrected chi connectivity index (χ2v) is 14.8. The molecule has 4 aromatic heterocycles. The van der Waals surface area contributed by atoms with Gasteiger partial charge in [0.1, 0.15) is 11.6 Å². The Morgan fingerprint density at radius 3 is 0.868 bits per heavy atom. The summed E-state index contributed by atoms with van der Waals surface area (Å²) >= 11 is 0. The van der Waals surface area contributed by atoms with E-state index in [1.807, 2.05) is 0 Å². The molecule has 0 N–H and O–H groups in total. The molecule has 0 aliphatic carbocycles. The molecule has 0 spiro atoms. The van der Waals surface area contributed by atoms with E-state index < -0.39 is 0 Å². The van der Waals surface area contributed by atoms with E-state index in [4.69, 9.17) is 9.97 Å². The fourth-order valence-electron chi connectivity index (χ4n) is 8.37. The first-order valence-corrected chi connectivity index (χ1v) is 18.1. The van der Waals surface area contributed by atoms with Gasteiger partial charge in [0.2, 0.25) is 5.95 Å². The quantitative estimate of drug-likeness (QED) is 0.186. The lowest BCUT2D eigenvalue weighted by Gasteiger charge is -2.17. The van der Waals surface area contributed by atoms with Crippen molar-refractivity contribution >= 4 is 65.4 Å². The molecule has 10 rings (SSSR count). The highest BCUT2D eigenvalue weighted by Crippen LogP contribution is 2.39. The molecular weight excluding hydrogens is 649 g/mol. The summed E-state index contributed by atoms with van der Waals surface area (Å²) in [5, 5.41) is 18.1. The number of rotatable bonds is 3. The molecule has 0 aliphatic rings. The first-order chi connectivity index (χ1) is 25.7. The standard InChI is InChI=1S/C47H36N6/c1-26-7-13-39-32(19-26)33-20-27(2)8-14-40(33)51(39)45-38(25-48)46(52-41-15-9-28(3)21-34(41)35-22-29(4)10-16-42(35)52)50-47(49-45)53-43-17-11-30(5)23-36(43)37-24-31(6)12-18-44(37)53/h7-24H,1-6H3. The van der Waals surface area contributed by atoms with Gasteiger partial charge >= 0.3 is 0 Å². The van der Waals surface area contributed by atoms with Crippen LogP contribution in [0.3, 0.4) is 0 Å². The van der Waals surface area contributed by atoms with Crippen molar-refractivity contribution in [1.82, 2.24) is 23.7 Å². The van der Waals surface area contributed by atoms with Crippen LogP contribution in [0, 0.1) is 52.9 Å².